The first-order valence-electron chi connectivity index (χ1n) is 7.67. The molecule has 2 aromatic rings. The predicted molar refractivity (Wildman–Crippen MR) is 89.0 cm³/mol. The molecular formula is C19H22O3. The second-order valence-corrected chi connectivity index (χ2v) is 5.12. The Morgan fingerprint density at radius 3 is 2.59 bits per heavy atom. The number of fused-ring (bicyclic) bond motifs is 1. The fourth-order valence-corrected chi connectivity index (χ4v) is 2.37. The van der Waals surface area contributed by atoms with Gasteiger partial charge in [0.2, 0.25) is 0 Å². The maximum absolute atomic E-state index is 11.9. The molecule has 3 heteroatoms. The van der Waals surface area contributed by atoms with E-state index in [1.165, 1.54) is 0 Å². The van der Waals surface area contributed by atoms with Crippen molar-refractivity contribution < 1.29 is 14.3 Å². The summed E-state index contributed by atoms with van der Waals surface area (Å²) in [4.78, 5) is 11.9. The van der Waals surface area contributed by atoms with Gasteiger partial charge < -0.3 is 9.47 Å². The van der Waals surface area contributed by atoms with Crippen molar-refractivity contribution in [2.75, 3.05) is 6.61 Å². The molecule has 22 heavy (non-hydrogen) atoms. The fraction of sp³-hybridized carbons (Fsp3) is 0.316. The standard InChI is InChI=1S/C19H22O3/c1-4-9-17(14(3)19(20)21-5-2)22-18-13-8-11-15-10-6-7-12-16(15)18/h6-8,10-13,17H,3-5,9H2,1-2H3. The van der Waals surface area contributed by atoms with Crippen LogP contribution in [0.2, 0.25) is 0 Å². The lowest BCUT2D eigenvalue weighted by molar-refractivity contribution is -0.139. The highest BCUT2D eigenvalue weighted by Crippen LogP contribution is 2.28. The SMILES string of the molecule is C=C(C(=O)OCC)C(CCC)Oc1cccc2ccccc12. The third-order valence-electron chi connectivity index (χ3n) is 3.50. The van der Waals surface area contributed by atoms with E-state index >= 15 is 0 Å². The van der Waals surface area contributed by atoms with Crippen molar-refractivity contribution in [1.82, 2.24) is 0 Å². The summed E-state index contributed by atoms with van der Waals surface area (Å²) in [5, 5.41) is 2.14. The zero-order valence-corrected chi connectivity index (χ0v) is 13.2. The summed E-state index contributed by atoms with van der Waals surface area (Å²) in [5.74, 6) is 0.378. The molecule has 0 aromatic heterocycles. The average Bonchev–Trinajstić information content (AvgIpc) is 2.54. The van der Waals surface area contributed by atoms with Gasteiger partial charge >= 0.3 is 5.97 Å². The van der Waals surface area contributed by atoms with E-state index in [1.807, 2.05) is 42.5 Å². The third kappa shape index (κ3) is 3.67. The van der Waals surface area contributed by atoms with Crippen molar-refractivity contribution in [2.45, 2.75) is 32.8 Å². The monoisotopic (exact) mass is 298 g/mol. The molecule has 0 N–H and O–H groups in total. The quantitative estimate of drug-likeness (QED) is 0.557. The molecule has 0 fully saturated rings. The van der Waals surface area contributed by atoms with Crippen LogP contribution in [-0.4, -0.2) is 18.7 Å². The largest absolute Gasteiger partial charge is 0.485 e. The van der Waals surface area contributed by atoms with E-state index in [1.54, 1.807) is 6.92 Å². The highest BCUT2D eigenvalue weighted by atomic mass is 16.5. The molecule has 0 aliphatic rings. The van der Waals surface area contributed by atoms with E-state index in [-0.39, 0.29) is 12.1 Å². The minimum Gasteiger partial charge on any atom is -0.485 e. The van der Waals surface area contributed by atoms with Gasteiger partial charge in [0.1, 0.15) is 11.9 Å². The highest BCUT2D eigenvalue weighted by Gasteiger charge is 2.21. The van der Waals surface area contributed by atoms with Crippen LogP contribution < -0.4 is 4.74 Å². The lowest BCUT2D eigenvalue weighted by Gasteiger charge is -2.21. The zero-order valence-electron chi connectivity index (χ0n) is 13.2. The molecule has 0 spiro atoms. The average molecular weight is 298 g/mol. The van der Waals surface area contributed by atoms with Gasteiger partial charge in [0.15, 0.2) is 0 Å². The minimum atomic E-state index is -0.388. The molecule has 0 saturated heterocycles. The summed E-state index contributed by atoms with van der Waals surface area (Å²) in [5.41, 5.74) is 0.372. The predicted octanol–water partition coefficient (Wildman–Crippen LogP) is 4.51. The van der Waals surface area contributed by atoms with Gasteiger partial charge in [0, 0.05) is 5.39 Å². The fourth-order valence-electron chi connectivity index (χ4n) is 2.37. The van der Waals surface area contributed by atoms with Crippen LogP contribution in [0.3, 0.4) is 0 Å². The number of benzene rings is 2. The van der Waals surface area contributed by atoms with Gasteiger partial charge in [-0.3, -0.25) is 0 Å². The Labute approximate surface area is 131 Å². The Balaban J connectivity index is 2.26. The first-order valence-corrected chi connectivity index (χ1v) is 7.67. The number of ether oxygens (including phenoxy) is 2. The topological polar surface area (TPSA) is 35.5 Å². The van der Waals surface area contributed by atoms with E-state index in [9.17, 15) is 4.79 Å². The maximum atomic E-state index is 11.9. The van der Waals surface area contributed by atoms with Crippen molar-refractivity contribution in [3.05, 3.63) is 54.6 Å². The summed E-state index contributed by atoms with van der Waals surface area (Å²) in [6.07, 6.45) is 1.25. The number of esters is 1. The second kappa shape index (κ2) is 7.64. The zero-order chi connectivity index (χ0) is 15.9. The van der Waals surface area contributed by atoms with E-state index in [2.05, 4.69) is 13.5 Å². The summed E-state index contributed by atoms with van der Waals surface area (Å²) < 4.78 is 11.1. The molecule has 0 aliphatic heterocycles. The van der Waals surface area contributed by atoms with Crippen molar-refractivity contribution in [2.24, 2.45) is 0 Å². The van der Waals surface area contributed by atoms with Gasteiger partial charge in [0.25, 0.3) is 0 Å². The lowest BCUT2D eigenvalue weighted by atomic mass is 10.1. The lowest BCUT2D eigenvalue weighted by Crippen LogP contribution is -2.25. The number of hydrogen-bond acceptors (Lipinski definition) is 3. The second-order valence-electron chi connectivity index (χ2n) is 5.12. The van der Waals surface area contributed by atoms with Gasteiger partial charge in [-0.1, -0.05) is 56.3 Å². The Morgan fingerprint density at radius 1 is 1.14 bits per heavy atom. The van der Waals surface area contributed by atoms with Gasteiger partial charge in [-0.05, 0) is 24.8 Å². The Kier molecular flexibility index (Phi) is 5.59. The van der Waals surface area contributed by atoms with E-state index in [0.29, 0.717) is 12.2 Å². The van der Waals surface area contributed by atoms with E-state index in [0.717, 1.165) is 29.4 Å². The van der Waals surface area contributed by atoms with Crippen LogP contribution >= 0.6 is 0 Å². The van der Waals surface area contributed by atoms with Crippen molar-refractivity contribution >= 4 is 16.7 Å². The van der Waals surface area contributed by atoms with Crippen LogP contribution in [0.15, 0.2) is 54.6 Å². The Hall–Kier alpha value is -2.29. The third-order valence-corrected chi connectivity index (χ3v) is 3.50. The van der Waals surface area contributed by atoms with Crippen LogP contribution in [0.4, 0.5) is 0 Å². The summed E-state index contributed by atoms with van der Waals surface area (Å²) in [6, 6.07) is 13.9. The van der Waals surface area contributed by atoms with Crippen LogP contribution in [0, 0.1) is 0 Å². The van der Waals surface area contributed by atoms with Crippen LogP contribution in [0.1, 0.15) is 26.7 Å². The minimum absolute atomic E-state index is 0.338. The summed E-state index contributed by atoms with van der Waals surface area (Å²) >= 11 is 0. The molecular weight excluding hydrogens is 276 g/mol. The molecule has 0 saturated carbocycles. The molecule has 0 aliphatic carbocycles. The normalized spacial score (nSPS) is 11.9. The van der Waals surface area contributed by atoms with Gasteiger partial charge in [-0.2, -0.15) is 0 Å². The molecule has 0 amide bonds. The number of rotatable bonds is 7. The molecule has 116 valence electrons. The highest BCUT2D eigenvalue weighted by molar-refractivity contribution is 5.90. The molecule has 2 rings (SSSR count). The molecule has 0 heterocycles. The van der Waals surface area contributed by atoms with Crippen molar-refractivity contribution in [1.29, 1.82) is 0 Å². The first-order chi connectivity index (χ1) is 10.7. The maximum Gasteiger partial charge on any atom is 0.337 e. The molecule has 3 nitrogen and oxygen atoms in total. The number of hydrogen-bond donors (Lipinski definition) is 0. The van der Waals surface area contributed by atoms with Crippen LogP contribution in [-0.2, 0) is 9.53 Å². The van der Waals surface area contributed by atoms with Gasteiger partial charge in [-0.25, -0.2) is 4.79 Å². The smallest absolute Gasteiger partial charge is 0.337 e. The molecule has 0 radical (unpaired) electrons. The van der Waals surface area contributed by atoms with E-state index < -0.39 is 0 Å². The molecule has 2 aromatic carbocycles. The van der Waals surface area contributed by atoms with Gasteiger partial charge in [-0.15, -0.1) is 0 Å². The van der Waals surface area contributed by atoms with Crippen LogP contribution in [0.5, 0.6) is 5.75 Å². The summed E-state index contributed by atoms with van der Waals surface area (Å²) in [7, 11) is 0. The Morgan fingerprint density at radius 2 is 1.86 bits per heavy atom. The van der Waals surface area contributed by atoms with Crippen LogP contribution in [0.25, 0.3) is 10.8 Å². The molecule has 1 atom stereocenters. The summed E-state index contributed by atoms with van der Waals surface area (Å²) in [6.45, 7) is 8.04. The molecule has 1 unspecified atom stereocenters. The van der Waals surface area contributed by atoms with Crippen molar-refractivity contribution in [3.63, 3.8) is 0 Å². The number of carbonyl (C=O) groups is 1. The van der Waals surface area contributed by atoms with Crippen molar-refractivity contribution in [3.8, 4) is 5.75 Å². The van der Waals surface area contributed by atoms with E-state index in [4.69, 9.17) is 9.47 Å². The molecule has 0 bridgehead atoms. The number of carbonyl (C=O) groups excluding carboxylic acids is 1. The Bertz CT molecular complexity index is 655. The van der Waals surface area contributed by atoms with Gasteiger partial charge in [0.05, 0.1) is 12.2 Å². The first kappa shape index (κ1) is 16.1.